The second-order valence-corrected chi connectivity index (χ2v) is 4.45. The summed E-state index contributed by atoms with van der Waals surface area (Å²) in [6.45, 7) is 7.41. The molecule has 0 aliphatic heterocycles. The monoisotopic (exact) mass is 261 g/mol. The van der Waals surface area contributed by atoms with E-state index < -0.39 is 12.0 Å². The van der Waals surface area contributed by atoms with Crippen LogP contribution in [0.25, 0.3) is 0 Å². The summed E-state index contributed by atoms with van der Waals surface area (Å²) in [4.78, 5) is 23.6. The van der Waals surface area contributed by atoms with Crippen molar-refractivity contribution in [3.05, 3.63) is 47.5 Å². The van der Waals surface area contributed by atoms with Crippen LogP contribution in [0.5, 0.6) is 0 Å². The molecule has 4 heteroatoms. The Morgan fingerprint density at radius 3 is 2.37 bits per heavy atom. The zero-order valence-electron chi connectivity index (χ0n) is 11.5. The highest BCUT2D eigenvalue weighted by Crippen LogP contribution is 2.09. The van der Waals surface area contributed by atoms with Gasteiger partial charge in [-0.1, -0.05) is 23.3 Å². The van der Waals surface area contributed by atoms with Crippen molar-refractivity contribution in [1.82, 2.24) is 5.32 Å². The summed E-state index contributed by atoms with van der Waals surface area (Å²) in [7, 11) is 1.29. The number of rotatable bonds is 5. The highest BCUT2D eigenvalue weighted by atomic mass is 16.5. The van der Waals surface area contributed by atoms with Crippen molar-refractivity contribution in [3.8, 4) is 0 Å². The van der Waals surface area contributed by atoms with E-state index in [4.69, 9.17) is 0 Å². The van der Waals surface area contributed by atoms with Crippen molar-refractivity contribution in [3.63, 3.8) is 0 Å². The molecular formula is C15H19NO3. The lowest BCUT2D eigenvalue weighted by Crippen LogP contribution is -2.41. The van der Waals surface area contributed by atoms with E-state index in [1.807, 2.05) is 19.9 Å². The Balaban J connectivity index is 2.87. The average molecular weight is 261 g/mol. The smallest absolute Gasteiger partial charge is 0.328 e. The van der Waals surface area contributed by atoms with Gasteiger partial charge in [0.25, 0.3) is 5.91 Å². The minimum absolute atomic E-state index is 0.288. The van der Waals surface area contributed by atoms with Crippen molar-refractivity contribution < 1.29 is 14.3 Å². The molecule has 4 nitrogen and oxygen atoms in total. The molecule has 1 aromatic rings. The van der Waals surface area contributed by atoms with Gasteiger partial charge in [0.15, 0.2) is 0 Å². The Morgan fingerprint density at radius 2 is 1.89 bits per heavy atom. The maximum absolute atomic E-state index is 12.1. The molecule has 102 valence electrons. The molecule has 0 aliphatic rings. The zero-order chi connectivity index (χ0) is 14.4. The predicted octanol–water partition coefficient (Wildman–Crippen LogP) is 2.15. The number of carbonyl (C=O) groups is 2. The molecule has 0 fully saturated rings. The van der Waals surface area contributed by atoms with Gasteiger partial charge in [-0.3, -0.25) is 4.79 Å². The number of amides is 1. The molecule has 0 aliphatic carbocycles. The SMILES string of the molecule is C=CC[C@H](NC(=O)c1cc(C)cc(C)c1)C(=O)OC. The Bertz CT molecular complexity index is 474. The molecule has 0 radical (unpaired) electrons. The molecule has 0 unspecified atom stereocenters. The van der Waals surface area contributed by atoms with E-state index >= 15 is 0 Å². The summed E-state index contributed by atoms with van der Waals surface area (Å²) in [5.41, 5.74) is 2.54. The second kappa shape index (κ2) is 6.73. The normalized spacial score (nSPS) is 11.5. The van der Waals surface area contributed by atoms with Crippen LogP contribution >= 0.6 is 0 Å². The van der Waals surface area contributed by atoms with Gasteiger partial charge in [0.1, 0.15) is 6.04 Å². The molecular weight excluding hydrogens is 242 g/mol. The van der Waals surface area contributed by atoms with Crippen molar-refractivity contribution >= 4 is 11.9 Å². The maximum Gasteiger partial charge on any atom is 0.328 e. The Labute approximate surface area is 113 Å². The van der Waals surface area contributed by atoms with Gasteiger partial charge in [-0.15, -0.1) is 6.58 Å². The van der Waals surface area contributed by atoms with Gasteiger partial charge in [-0.05, 0) is 32.4 Å². The number of methoxy groups -OCH3 is 1. The highest BCUT2D eigenvalue weighted by molar-refractivity contribution is 5.97. The lowest BCUT2D eigenvalue weighted by atomic mass is 10.1. The number of hydrogen-bond donors (Lipinski definition) is 1. The van der Waals surface area contributed by atoms with Gasteiger partial charge in [-0.2, -0.15) is 0 Å². The number of nitrogens with one attached hydrogen (secondary N) is 1. The van der Waals surface area contributed by atoms with Gasteiger partial charge >= 0.3 is 5.97 Å². The summed E-state index contributed by atoms with van der Waals surface area (Å²) < 4.78 is 4.65. The fourth-order valence-corrected chi connectivity index (χ4v) is 1.87. The first-order valence-corrected chi connectivity index (χ1v) is 6.05. The largest absolute Gasteiger partial charge is 0.467 e. The average Bonchev–Trinajstić information content (AvgIpc) is 2.36. The van der Waals surface area contributed by atoms with Crippen molar-refractivity contribution in [2.75, 3.05) is 7.11 Å². The summed E-state index contributed by atoms with van der Waals surface area (Å²) in [6.07, 6.45) is 1.91. The lowest BCUT2D eigenvalue weighted by molar-refractivity contribution is -0.142. The minimum atomic E-state index is -0.698. The van der Waals surface area contributed by atoms with Crippen LogP contribution in [-0.2, 0) is 9.53 Å². The van der Waals surface area contributed by atoms with Crippen LogP contribution in [0.1, 0.15) is 27.9 Å². The fourth-order valence-electron chi connectivity index (χ4n) is 1.87. The van der Waals surface area contributed by atoms with Gasteiger partial charge in [0, 0.05) is 5.56 Å². The third-order valence-electron chi connectivity index (χ3n) is 2.68. The van der Waals surface area contributed by atoms with E-state index in [0.29, 0.717) is 12.0 Å². The van der Waals surface area contributed by atoms with Crippen LogP contribution in [0.4, 0.5) is 0 Å². The van der Waals surface area contributed by atoms with Crippen LogP contribution in [-0.4, -0.2) is 25.0 Å². The van der Waals surface area contributed by atoms with Gasteiger partial charge in [0.2, 0.25) is 0 Å². The lowest BCUT2D eigenvalue weighted by Gasteiger charge is -2.15. The molecule has 1 rings (SSSR count). The van der Waals surface area contributed by atoms with E-state index in [2.05, 4.69) is 16.6 Å². The quantitative estimate of drug-likeness (QED) is 0.652. The van der Waals surface area contributed by atoms with Crippen LogP contribution in [0.3, 0.4) is 0 Å². The summed E-state index contributed by atoms with van der Waals surface area (Å²) >= 11 is 0. The van der Waals surface area contributed by atoms with E-state index in [1.165, 1.54) is 7.11 Å². The Kier molecular flexibility index (Phi) is 5.30. The summed E-state index contributed by atoms with van der Waals surface area (Å²) in [6, 6.07) is 4.85. The number of ether oxygens (including phenoxy) is 1. The topological polar surface area (TPSA) is 55.4 Å². The molecule has 0 aromatic heterocycles. The standard InChI is InChI=1S/C15H19NO3/c1-5-6-13(15(18)19-4)16-14(17)12-8-10(2)7-11(3)9-12/h5,7-9,13H,1,6H2,2-4H3,(H,16,17)/t13-/m0/s1. The first-order chi connectivity index (χ1) is 8.97. The number of hydrogen-bond acceptors (Lipinski definition) is 3. The molecule has 0 saturated carbocycles. The number of aryl methyl sites for hydroxylation is 2. The molecule has 0 spiro atoms. The Morgan fingerprint density at radius 1 is 1.32 bits per heavy atom. The predicted molar refractivity (Wildman–Crippen MR) is 74.0 cm³/mol. The number of esters is 1. The van der Waals surface area contributed by atoms with Crippen molar-refractivity contribution in [1.29, 1.82) is 0 Å². The third kappa shape index (κ3) is 4.25. The fraction of sp³-hybridized carbons (Fsp3) is 0.333. The van der Waals surface area contributed by atoms with E-state index in [9.17, 15) is 9.59 Å². The van der Waals surface area contributed by atoms with Crippen LogP contribution in [0.15, 0.2) is 30.9 Å². The highest BCUT2D eigenvalue weighted by Gasteiger charge is 2.20. The van der Waals surface area contributed by atoms with Gasteiger partial charge in [0.05, 0.1) is 7.11 Å². The summed E-state index contributed by atoms with van der Waals surface area (Å²) in [5.74, 6) is -0.762. The Hall–Kier alpha value is -2.10. The molecule has 1 amide bonds. The summed E-state index contributed by atoms with van der Waals surface area (Å²) in [5, 5.41) is 2.65. The van der Waals surface area contributed by atoms with Gasteiger partial charge in [-0.25, -0.2) is 4.79 Å². The van der Waals surface area contributed by atoms with Crippen LogP contribution in [0, 0.1) is 13.8 Å². The first kappa shape index (κ1) is 15.0. The van der Waals surface area contributed by atoms with Gasteiger partial charge < -0.3 is 10.1 Å². The molecule has 1 aromatic carbocycles. The molecule has 1 atom stereocenters. The van der Waals surface area contributed by atoms with E-state index in [0.717, 1.165) is 11.1 Å². The number of benzene rings is 1. The second-order valence-electron chi connectivity index (χ2n) is 4.45. The van der Waals surface area contributed by atoms with Crippen LogP contribution < -0.4 is 5.32 Å². The third-order valence-corrected chi connectivity index (χ3v) is 2.68. The molecule has 0 heterocycles. The molecule has 0 bridgehead atoms. The van der Waals surface area contributed by atoms with Crippen molar-refractivity contribution in [2.24, 2.45) is 0 Å². The molecule has 1 N–H and O–H groups in total. The van der Waals surface area contributed by atoms with E-state index in [-0.39, 0.29) is 5.91 Å². The van der Waals surface area contributed by atoms with E-state index in [1.54, 1.807) is 18.2 Å². The number of carbonyl (C=O) groups excluding carboxylic acids is 2. The molecule has 19 heavy (non-hydrogen) atoms. The first-order valence-electron chi connectivity index (χ1n) is 6.05. The maximum atomic E-state index is 12.1. The minimum Gasteiger partial charge on any atom is -0.467 e. The zero-order valence-corrected chi connectivity index (χ0v) is 11.5. The van der Waals surface area contributed by atoms with Crippen LogP contribution in [0.2, 0.25) is 0 Å². The van der Waals surface area contributed by atoms with Crippen molar-refractivity contribution in [2.45, 2.75) is 26.3 Å². The molecule has 0 saturated heterocycles.